The number of rotatable bonds is 6. The number of nitrogens with zero attached hydrogens (tertiary/aromatic N) is 4. The molecule has 5 rings (SSSR count). The Hall–Kier alpha value is -3.33. The van der Waals surface area contributed by atoms with Crippen molar-refractivity contribution >= 4 is 28.0 Å². The van der Waals surface area contributed by atoms with E-state index in [0.717, 1.165) is 34.3 Å². The van der Waals surface area contributed by atoms with Crippen molar-refractivity contribution in [3.05, 3.63) is 47.3 Å². The molecule has 34 heavy (non-hydrogen) atoms. The first-order chi connectivity index (χ1) is 16.4. The van der Waals surface area contributed by atoms with Crippen LogP contribution in [0.25, 0.3) is 33.5 Å². The summed E-state index contributed by atoms with van der Waals surface area (Å²) >= 11 is 0. The van der Waals surface area contributed by atoms with Gasteiger partial charge in [0.15, 0.2) is 5.65 Å². The van der Waals surface area contributed by atoms with E-state index in [-0.39, 0.29) is 12.8 Å². The molecular formula is C25H26F2N4O3. The third-order valence-corrected chi connectivity index (χ3v) is 6.55. The molecule has 178 valence electrons. The smallest absolute Gasteiger partial charge is 0.339 e. The maximum atomic E-state index is 14.3. The maximum absolute atomic E-state index is 14.3. The monoisotopic (exact) mass is 468 g/mol. The first-order valence-electron chi connectivity index (χ1n) is 11.3. The SMILES string of the molecule is CCn1c2c(c3cc(-c4nc5cc(C(=O)OC)cnc5n4CCOC)ccc31)CC(F)(F)CC2. The molecule has 9 heteroatoms. The van der Waals surface area contributed by atoms with Crippen molar-refractivity contribution in [2.24, 2.45) is 0 Å². The Bertz CT molecular complexity index is 1410. The van der Waals surface area contributed by atoms with Crippen LogP contribution in [0.15, 0.2) is 30.5 Å². The lowest BCUT2D eigenvalue weighted by molar-refractivity contribution is -0.0125. The summed E-state index contributed by atoms with van der Waals surface area (Å²) in [5.74, 6) is -2.54. The summed E-state index contributed by atoms with van der Waals surface area (Å²) in [6.07, 6.45) is 1.46. The zero-order valence-electron chi connectivity index (χ0n) is 19.4. The molecule has 0 bridgehead atoms. The van der Waals surface area contributed by atoms with Gasteiger partial charge in [0, 0.05) is 61.4 Å². The molecule has 0 spiro atoms. The van der Waals surface area contributed by atoms with Gasteiger partial charge in [-0.2, -0.15) is 0 Å². The topological polar surface area (TPSA) is 71.2 Å². The van der Waals surface area contributed by atoms with Crippen LogP contribution in [-0.2, 0) is 35.4 Å². The van der Waals surface area contributed by atoms with E-state index in [4.69, 9.17) is 14.5 Å². The average molecular weight is 469 g/mol. The minimum Gasteiger partial charge on any atom is -0.465 e. The molecule has 7 nitrogen and oxygen atoms in total. The summed E-state index contributed by atoms with van der Waals surface area (Å²) in [7, 11) is 2.94. The molecule has 0 saturated heterocycles. The van der Waals surface area contributed by atoms with Crippen LogP contribution in [0.1, 0.15) is 35.0 Å². The number of methoxy groups -OCH3 is 2. The van der Waals surface area contributed by atoms with Gasteiger partial charge in [-0.1, -0.05) is 0 Å². The van der Waals surface area contributed by atoms with Crippen LogP contribution >= 0.6 is 0 Å². The number of aromatic nitrogens is 4. The molecule has 0 radical (unpaired) electrons. The predicted molar refractivity (Wildman–Crippen MR) is 124 cm³/mol. The van der Waals surface area contributed by atoms with Crippen LogP contribution in [0, 0.1) is 0 Å². The number of imidazole rings is 1. The number of carbonyl (C=O) groups excluding carboxylic acids is 1. The Morgan fingerprint density at radius 3 is 2.76 bits per heavy atom. The number of benzene rings is 1. The third kappa shape index (κ3) is 3.64. The van der Waals surface area contributed by atoms with Crippen molar-refractivity contribution in [3.63, 3.8) is 0 Å². The van der Waals surface area contributed by atoms with Gasteiger partial charge in [0.05, 0.1) is 19.3 Å². The number of esters is 1. The van der Waals surface area contributed by atoms with E-state index in [1.165, 1.54) is 13.3 Å². The maximum Gasteiger partial charge on any atom is 0.339 e. The molecule has 3 aromatic heterocycles. The number of hydrogen-bond donors (Lipinski definition) is 0. The number of ether oxygens (including phenoxy) is 2. The molecule has 1 aliphatic carbocycles. The molecule has 0 aliphatic heterocycles. The molecule has 0 amide bonds. The van der Waals surface area contributed by atoms with Crippen molar-refractivity contribution in [2.75, 3.05) is 20.8 Å². The third-order valence-electron chi connectivity index (χ3n) is 6.55. The zero-order valence-corrected chi connectivity index (χ0v) is 19.4. The zero-order chi connectivity index (χ0) is 24.0. The number of pyridine rings is 1. The van der Waals surface area contributed by atoms with Gasteiger partial charge in [-0.25, -0.2) is 23.5 Å². The van der Waals surface area contributed by atoms with E-state index in [1.54, 1.807) is 13.2 Å². The molecular weight excluding hydrogens is 442 g/mol. The molecule has 1 aliphatic rings. The summed E-state index contributed by atoms with van der Waals surface area (Å²) in [4.78, 5) is 21.2. The number of halogens is 2. The summed E-state index contributed by atoms with van der Waals surface area (Å²) in [5.41, 5.74) is 4.95. The fourth-order valence-corrected chi connectivity index (χ4v) is 4.96. The van der Waals surface area contributed by atoms with E-state index in [2.05, 4.69) is 9.55 Å². The Balaban J connectivity index is 1.70. The highest BCUT2D eigenvalue weighted by atomic mass is 19.3. The lowest BCUT2D eigenvalue weighted by Crippen LogP contribution is -2.26. The van der Waals surface area contributed by atoms with Gasteiger partial charge in [0.25, 0.3) is 5.92 Å². The molecule has 0 atom stereocenters. The number of carbonyl (C=O) groups is 1. The van der Waals surface area contributed by atoms with E-state index in [1.807, 2.05) is 29.7 Å². The molecule has 0 N–H and O–H groups in total. The fraction of sp³-hybridized carbons (Fsp3) is 0.400. The van der Waals surface area contributed by atoms with Crippen molar-refractivity contribution in [2.45, 2.75) is 45.2 Å². The Morgan fingerprint density at radius 2 is 2.03 bits per heavy atom. The van der Waals surface area contributed by atoms with Gasteiger partial charge in [-0.05, 0) is 43.2 Å². The van der Waals surface area contributed by atoms with Gasteiger partial charge in [0.1, 0.15) is 11.3 Å². The van der Waals surface area contributed by atoms with Crippen molar-refractivity contribution in [1.29, 1.82) is 0 Å². The van der Waals surface area contributed by atoms with Gasteiger partial charge in [0.2, 0.25) is 0 Å². The molecule has 3 heterocycles. The van der Waals surface area contributed by atoms with Crippen LogP contribution in [0.2, 0.25) is 0 Å². The first-order valence-corrected chi connectivity index (χ1v) is 11.3. The van der Waals surface area contributed by atoms with Gasteiger partial charge < -0.3 is 18.6 Å². The second kappa shape index (κ2) is 8.47. The van der Waals surface area contributed by atoms with Crippen LogP contribution in [0.4, 0.5) is 8.78 Å². The summed E-state index contributed by atoms with van der Waals surface area (Å²) in [5, 5.41) is 0.835. The van der Waals surface area contributed by atoms with E-state index in [9.17, 15) is 13.6 Å². The highest BCUT2D eigenvalue weighted by Gasteiger charge is 2.37. The minimum absolute atomic E-state index is 0.121. The fourth-order valence-electron chi connectivity index (χ4n) is 4.96. The second-order valence-electron chi connectivity index (χ2n) is 8.57. The number of hydrogen-bond acceptors (Lipinski definition) is 5. The standard InChI is InChI=1S/C25H26F2N4O3/c1-4-30-20-6-5-15(11-17(20)18-13-25(26,27)8-7-21(18)30)22-29-19-12-16(24(32)34-3)14-28-23(19)31(22)9-10-33-2/h5-6,11-12,14H,4,7-10,13H2,1-3H3. The van der Waals surface area contributed by atoms with E-state index in [0.29, 0.717) is 42.1 Å². The highest BCUT2D eigenvalue weighted by molar-refractivity contribution is 5.94. The van der Waals surface area contributed by atoms with E-state index >= 15 is 0 Å². The molecule has 0 saturated carbocycles. The number of aryl methyl sites for hydroxylation is 1. The first kappa shape index (κ1) is 22.5. The van der Waals surface area contributed by atoms with Gasteiger partial charge in [-0.3, -0.25) is 0 Å². The molecule has 0 fully saturated rings. The van der Waals surface area contributed by atoms with Crippen LogP contribution in [0.5, 0.6) is 0 Å². The van der Waals surface area contributed by atoms with Gasteiger partial charge in [-0.15, -0.1) is 0 Å². The van der Waals surface area contributed by atoms with Gasteiger partial charge >= 0.3 is 5.97 Å². The van der Waals surface area contributed by atoms with Crippen molar-refractivity contribution < 1.29 is 23.0 Å². The number of alkyl halides is 2. The highest BCUT2D eigenvalue weighted by Crippen LogP contribution is 2.40. The second-order valence-corrected chi connectivity index (χ2v) is 8.57. The normalized spacial score (nSPS) is 15.1. The molecule has 0 unspecified atom stereocenters. The summed E-state index contributed by atoms with van der Waals surface area (Å²) < 4.78 is 42.8. The molecule has 4 aromatic rings. The molecule has 1 aromatic carbocycles. The average Bonchev–Trinajstić information content (AvgIpc) is 3.35. The Kier molecular flexibility index (Phi) is 5.59. The summed E-state index contributed by atoms with van der Waals surface area (Å²) in [6.45, 7) is 3.70. The Morgan fingerprint density at radius 1 is 1.21 bits per heavy atom. The van der Waals surface area contributed by atoms with Crippen LogP contribution in [-0.4, -0.2) is 51.8 Å². The lowest BCUT2D eigenvalue weighted by atomic mass is 9.92. The largest absolute Gasteiger partial charge is 0.465 e. The number of fused-ring (bicyclic) bond motifs is 4. The van der Waals surface area contributed by atoms with E-state index < -0.39 is 11.9 Å². The van der Waals surface area contributed by atoms with Crippen LogP contribution in [0.3, 0.4) is 0 Å². The van der Waals surface area contributed by atoms with Crippen molar-refractivity contribution in [1.82, 2.24) is 19.1 Å². The Labute approximate surface area is 195 Å². The van der Waals surface area contributed by atoms with Crippen molar-refractivity contribution in [3.8, 4) is 11.4 Å². The minimum atomic E-state index is -2.70. The van der Waals surface area contributed by atoms with Crippen LogP contribution < -0.4 is 0 Å². The summed E-state index contributed by atoms with van der Waals surface area (Å²) in [6, 6.07) is 7.55. The quantitative estimate of drug-likeness (QED) is 0.386. The predicted octanol–water partition coefficient (Wildman–Crippen LogP) is 4.63. The lowest BCUT2D eigenvalue weighted by Gasteiger charge is -2.23.